The number of likely N-dealkylation sites (N-methyl/N-ethyl adjacent to an activating group) is 1. The van der Waals surface area contributed by atoms with Gasteiger partial charge >= 0.3 is 6.09 Å². The summed E-state index contributed by atoms with van der Waals surface area (Å²) >= 11 is 0. The quantitative estimate of drug-likeness (QED) is 0.866. The molecular formula is C15H21N3O3. The van der Waals surface area contributed by atoms with E-state index in [0.29, 0.717) is 18.2 Å². The zero-order chi connectivity index (χ0) is 15.4. The summed E-state index contributed by atoms with van der Waals surface area (Å²) < 4.78 is 5.09. The second-order valence-corrected chi connectivity index (χ2v) is 5.51. The molecule has 6 nitrogen and oxygen atoms in total. The fraction of sp³-hybridized carbons (Fsp3) is 0.467. The third kappa shape index (κ3) is 4.27. The number of benzene rings is 1. The lowest BCUT2D eigenvalue weighted by Gasteiger charge is -2.17. The molecule has 0 aromatic heterocycles. The van der Waals surface area contributed by atoms with Crippen molar-refractivity contribution in [2.75, 3.05) is 20.6 Å². The maximum atomic E-state index is 12.0. The molecule has 6 heteroatoms. The second-order valence-electron chi connectivity index (χ2n) is 5.51. The average Bonchev–Trinajstić information content (AvgIpc) is 2.88. The fourth-order valence-corrected chi connectivity index (χ4v) is 2.31. The highest BCUT2D eigenvalue weighted by Crippen LogP contribution is 2.13. The minimum Gasteiger partial charge on any atom is -0.410 e. The predicted molar refractivity (Wildman–Crippen MR) is 79.2 cm³/mol. The Labute approximate surface area is 124 Å². The van der Waals surface area contributed by atoms with Crippen LogP contribution in [0.1, 0.15) is 12.0 Å². The Morgan fingerprint density at radius 1 is 1.38 bits per heavy atom. The minimum atomic E-state index is -0.749. The van der Waals surface area contributed by atoms with Gasteiger partial charge in [0.05, 0.1) is 6.04 Å². The molecule has 1 unspecified atom stereocenters. The Kier molecular flexibility index (Phi) is 4.93. The van der Waals surface area contributed by atoms with Gasteiger partial charge in [-0.15, -0.1) is 0 Å². The molecule has 0 aliphatic carbocycles. The van der Waals surface area contributed by atoms with Gasteiger partial charge in [0.2, 0.25) is 5.91 Å². The third-order valence-corrected chi connectivity index (χ3v) is 3.58. The molecule has 0 radical (unpaired) electrons. The first-order chi connectivity index (χ1) is 9.95. The molecule has 2 atom stereocenters. The van der Waals surface area contributed by atoms with Gasteiger partial charge in [0, 0.05) is 12.6 Å². The van der Waals surface area contributed by atoms with Crippen LogP contribution in [0.5, 0.6) is 5.75 Å². The van der Waals surface area contributed by atoms with E-state index in [9.17, 15) is 9.59 Å². The highest BCUT2D eigenvalue weighted by molar-refractivity contribution is 5.95. The number of imide groups is 1. The Morgan fingerprint density at radius 2 is 2.14 bits per heavy atom. The van der Waals surface area contributed by atoms with Gasteiger partial charge in [0.1, 0.15) is 5.75 Å². The van der Waals surface area contributed by atoms with Crippen LogP contribution in [0.3, 0.4) is 0 Å². The SMILES string of the molecule is Cc1cccc(OC(=O)NC(=O)[C@@H]2CC(N(C)C)CN2)c1. The van der Waals surface area contributed by atoms with Crippen LogP contribution in [0.2, 0.25) is 0 Å². The molecule has 2 amide bonds. The van der Waals surface area contributed by atoms with E-state index in [-0.39, 0.29) is 11.9 Å². The van der Waals surface area contributed by atoms with Crippen LogP contribution in [-0.2, 0) is 4.79 Å². The maximum Gasteiger partial charge on any atom is 0.419 e. The lowest BCUT2D eigenvalue weighted by atomic mass is 10.1. The van der Waals surface area contributed by atoms with Crippen molar-refractivity contribution in [3.63, 3.8) is 0 Å². The Balaban J connectivity index is 1.84. The number of nitrogens with one attached hydrogen (secondary N) is 2. The Hall–Kier alpha value is -1.92. The van der Waals surface area contributed by atoms with Crippen molar-refractivity contribution < 1.29 is 14.3 Å². The van der Waals surface area contributed by atoms with Crippen molar-refractivity contribution in [3.8, 4) is 5.75 Å². The molecule has 0 spiro atoms. The van der Waals surface area contributed by atoms with Crippen molar-refractivity contribution in [2.24, 2.45) is 0 Å². The van der Waals surface area contributed by atoms with Gasteiger partial charge < -0.3 is 15.0 Å². The van der Waals surface area contributed by atoms with Gasteiger partial charge in [-0.1, -0.05) is 12.1 Å². The highest BCUT2D eigenvalue weighted by atomic mass is 16.6. The van der Waals surface area contributed by atoms with Crippen LogP contribution in [0.4, 0.5) is 4.79 Å². The molecule has 1 heterocycles. The van der Waals surface area contributed by atoms with Gasteiger partial charge in [0.15, 0.2) is 0 Å². The van der Waals surface area contributed by atoms with Crippen LogP contribution < -0.4 is 15.4 Å². The van der Waals surface area contributed by atoms with Gasteiger partial charge in [-0.25, -0.2) is 4.79 Å². The van der Waals surface area contributed by atoms with E-state index >= 15 is 0 Å². The first-order valence-electron chi connectivity index (χ1n) is 6.95. The number of carbonyl (C=O) groups is 2. The van der Waals surface area contributed by atoms with E-state index in [1.54, 1.807) is 18.2 Å². The minimum absolute atomic E-state index is 0.300. The lowest BCUT2D eigenvalue weighted by Crippen LogP contribution is -2.44. The Bertz CT molecular complexity index is 531. The molecular weight excluding hydrogens is 270 g/mol. The Morgan fingerprint density at radius 3 is 2.76 bits per heavy atom. The topological polar surface area (TPSA) is 70.7 Å². The third-order valence-electron chi connectivity index (χ3n) is 3.58. The van der Waals surface area contributed by atoms with Crippen molar-refractivity contribution in [1.29, 1.82) is 0 Å². The number of hydrogen-bond acceptors (Lipinski definition) is 5. The zero-order valence-electron chi connectivity index (χ0n) is 12.6. The average molecular weight is 291 g/mol. The van der Waals surface area contributed by atoms with Gasteiger partial charge in [0.25, 0.3) is 0 Å². The summed E-state index contributed by atoms with van der Waals surface area (Å²) in [6, 6.07) is 7.04. The second kappa shape index (κ2) is 6.69. The molecule has 0 saturated carbocycles. The van der Waals surface area contributed by atoms with Crippen LogP contribution >= 0.6 is 0 Å². The summed E-state index contributed by atoms with van der Waals surface area (Å²) in [5, 5.41) is 5.37. The van der Waals surface area contributed by atoms with Crippen LogP contribution in [0.25, 0.3) is 0 Å². The molecule has 0 bridgehead atoms. The maximum absolute atomic E-state index is 12.0. The van der Waals surface area contributed by atoms with Gasteiger partial charge in [-0.2, -0.15) is 0 Å². The van der Waals surface area contributed by atoms with Crippen molar-refractivity contribution >= 4 is 12.0 Å². The molecule has 1 aliphatic rings. The highest BCUT2D eigenvalue weighted by Gasteiger charge is 2.31. The fourth-order valence-electron chi connectivity index (χ4n) is 2.31. The van der Waals surface area contributed by atoms with Crippen molar-refractivity contribution in [2.45, 2.75) is 25.4 Å². The summed E-state index contributed by atoms with van der Waals surface area (Å²) in [6.07, 6.45) is -0.0722. The van der Waals surface area contributed by atoms with E-state index in [4.69, 9.17) is 4.74 Å². The molecule has 114 valence electrons. The van der Waals surface area contributed by atoms with Crippen molar-refractivity contribution in [3.05, 3.63) is 29.8 Å². The number of rotatable bonds is 3. The summed E-state index contributed by atoms with van der Waals surface area (Å²) in [5.41, 5.74) is 0.984. The number of aryl methyl sites for hydroxylation is 1. The van der Waals surface area contributed by atoms with E-state index in [2.05, 4.69) is 15.5 Å². The predicted octanol–water partition coefficient (Wildman–Crippen LogP) is 0.902. The van der Waals surface area contributed by atoms with E-state index in [1.807, 2.05) is 27.1 Å². The zero-order valence-corrected chi connectivity index (χ0v) is 12.6. The molecule has 2 rings (SSSR count). The smallest absolute Gasteiger partial charge is 0.410 e. The summed E-state index contributed by atoms with van der Waals surface area (Å²) in [4.78, 5) is 25.8. The van der Waals surface area contributed by atoms with Crippen LogP contribution in [0.15, 0.2) is 24.3 Å². The number of hydrogen-bond donors (Lipinski definition) is 2. The van der Waals surface area contributed by atoms with E-state index < -0.39 is 6.09 Å². The number of amides is 2. The van der Waals surface area contributed by atoms with Gasteiger partial charge in [-0.3, -0.25) is 10.1 Å². The largest absolute Gasteiger partial charge is 0.419 e. The van der Waals surface area contributed by atoms with Crippen LogP contribution in [-0.4, -0.2) is 49.6 Å². The number of carbonyl (C=O) groups excluding carboxylic acids is 2. The normalized spacial score (nSPS) is 21.3. The lowest BCUT2D eigenvalue weighted by molar-refractivity contribution is -0.122. The first kappa shape index (κ1) is 15.5. The molecule has 2 N–H and O–H groups in total. The molecule has 21 heavy (non-hydrogen) atoms. The summed E-state index contributed by atoms with van der Waals surface area (Å²) in [6.45, 7) is 2.64. The monoisotopic (exact) mass is 291 g/mol. The molecule has 1 aliphatic heterocycles. The van der Waals surface area contributed by atoms with Crippen LogP contribution in [0, 0.1) is 6.92 Å². The van der Waals surface area contributed by atoms with E-state index in [0.717, 1.165) is 12.1 Å². The number of ether oxygens (including phenoxy) is 1. The molecule has 1 fully saturated rings. The number of nitrogens with zero attached hydrogens (tertiary/aromatic N) is 1. The summed E-state index contributed by atoms with van der Waals surface area (Å²) in [7, 11) is 3.94. The molecule has 1 aromatic rings. The van der Waals surface area contributed by atoms with E-state index in [1.165, 1.54) is 0 Å². The summed E-state index contributed by atoms with van der Waals surface area (Å²) in [5.74, 6) is 0.0721. The van der Waals surface area contributed by atoms with Gasteiger partial charge in [-0.05, 0) is 45.1 Å². The molecule has 1 aromatic carbocycles. The first-order valence-corrected chi connectivity index (χ1v) is 6.95. The standard InChI is InChI=1S/C15H21N3O3/c1-10-5-4-6-12(7-10)21-15(20)17-14(19)13-8-11(9-16-13)18(2)3/h4-7,11,13,16H,8-9H2,1-3H3,(H,17,19,20)/t11?,13-/m0/s1. The molecule has 1 saturated heterocycles. The van der Waals surface area contributed by atoms with Crippen molar-refractivity contribution in [1.82, 2.24) is 15.5 Å².